The number of carbonyl (C=O) groups is 1. The number of nitrogens with zero attached hydrogens (tertiary/aromatic N) is 3. The number of pyridine rings is 1. The Bertz CT molecular complexity index is 572. The summed E-state index contributed by atoms with van der Waals surface area (Å²) in [5.41, 5.74) is 0.0518. The van der Waals surface area contributed by atoms with Gasteiger partial charge < -0.3 is 4.74 Å². The van der Waals surface area contributed by atoms with Crippen molar-refractivity contribution in [2.24, 2.45) is 5.41 Å². The third-order valence-corrected chi connectivity index (χ3v) is 3.88. The molecule has 1 fully saturated rings. The van der Waals surface area contributed by atoms with E-state index >= 15 is 0 Å². The zero-order chi connectivity index (χ0) is 12.9. The van der Waals surface area contributed by atoms with Crippen LogP contribution in [-0.4, -0.2) is 24.0 Å². The van der Waals surface area contributed by atoms with Crippen molar-refractivity contribution >= 4 is 11.7 Å². The van der Waals surface area contributed by atoms with Crippen LogP contribution in [0, 0.1) is 16.7 Å². The van der Waals surface area contributed by atoms with Crippen LogP contribution in [0.3, 0.4) is 0 Å². The van der Waals surface area contributed by atoms with Crippen LogP contribution < -0.4 is 9.64 Å². The molecule has 0 unspecified atom stereocenters. The van der Waals surface area contributed by atoms with E-state index in [2.05, 4.69) is 4.98 Å². The molecule has 18 heavy (non-hydrogen) atoms. The number of fused-ring (bicyclic) bond motifs is 1. The molecular formula is C13H13N3O2. The molecule has 0 radical (unpaired) electrons. The van der Waals surface area contributed by atoms with Gasteiger partial charge in [-0.3, -0.25) is 9.69 Å². The standard InChI is InChI=1S/C13H13N3O2/c1-8-13(3-4-13)12(17)16(2)11-10(18-8)5-9(6-14)7-15-11/h5,7-8H,3-4H2,1-2H3/t8-/m1/s1. The Morgan fingerprint density at radius 3 is 2.94 bits per heavy atom. The SMILES string of the molecule is C[C@H]1Oc2cc(C#N)cnc2N(C)C(=O)C12CC2. The van der Waals surface area contributed by atoms with Crippen molar-refractivity contribution in [3.8, 4) is 11.8 Å². The van der Waals surface area contributed by atoms with Crippen LogP contribution in [0.5, 0.6) is 5.75 Å². The molecule has 2 aliphatic rings. The van der Waals surface area contributed by atoms with Gasteiger partial charge in [0.15, 0.2) is 11.6 Å². The molecule has 1 amide bonds. The summed E-state index contributed by atoms with van der Waals surface area (Å²) in [5.74, 6) is 1.07. The lowest BCUT2D eigenvalue weighted by atomic mass is 9.99. The van der Waals surface area contributed by atoms with E-state index in [1.165, 1.54) is 6.20 Å². The maximum absolute atomic E-state index is 12.4. The summed E-state index contributed by atoms with van der Waals surface area (Å²) in [5, 5.41) is 8.88. The van der Waals surface area contributed by atoms with Crippen LogP contribution in [0.1, 0.15) is 25.3 Å². The first-order valence-electron chi connectivity index (χ1n) is 5.93. The molecule has 0 N–H and O–H groups in total. The quantitative estimate of drug-likeness (QED) is 0.692. The molecule has 1 saturated carbocycles. The Kier molecular flexibility index (Phi) is 2.11. The second-order valence-corrected chi connectivity index (χ2v) is 4.94. The smallest absolute Gasteiger partial charge is 0.237 e. The molecule has 0 bridgehead atoms. The van der Waals surface area contributed by atoms with Crippen molar-refractivity contribution in [3.63, 3.8) is 0 Å². The molecule has 2 heterocycles. The second kappa shape index (κ2) is 3.45. The zero-order valence-corrected chi connectivity index (χ0v) is 10.3. The predicted octanol–water partition coefficient (Wildman–Crippen LogP) is 1.48. The van der Waals surface area contributed by atoms with E-state index in [4.69, 9.17) is 10.00 Å². The van der Waals surface area contributed by atoms with Crippen molar-refractivity contribution in [1.82, 2.24) is 4.98 Å². The van der Waals surface area contributed by atoms with E-state index in [0.717, 1.165) is 12.8 Å². The number of nitriles is 1. The first-order valence-corrected chi connectivity index (χ1v) is 5.93. The highest BCUT2D eigenvalue weighted by Crippen LogP contribution is 2.53. The minimum Gasteiger partial charge on any atom is -0.486 e. The molecule has 1 aromatic rings. The third kappa shape index (κ3) is 1.32. The Balaban J connectivity index is 2.11. The number of hydrogen-bond donors (Lipinski definition) is 0. The number of rotatable bonds is 0. The maximum atomic E-state index is 12.4. The van der Waals surface area contributed by atoms with Gasteiger partial charge in [0.2, 0.25) is 5.91 Å². The van der Waals surface area contributed by atoms with Crippen molar-refractivity contribution in [2.75, 3.05) is 11.9 Å². The molecule has 0 saturated heterocycles. The third-order valence-electron chi connectivity index (χ3n) is 3.88. The fourth-order valence-corrected chi connectivity index (χ4v) is 2.50. The van der Waals surface area contributed by atoms with E-state index in [1.54, 1.807) is 18.0 Å². The van der Waals surface area contributed by atoms with Gasteiger partial charge in [-0.2, -0.15) is 5.26 Å². The number of amides is 1. The van der Waals surface area contributed by atoms with E-state index in [-0.39, 0.29) is 17.4 Å². The van der Waals surface area contributed by atoms with Gasteiger partial charge in [0, 0.05) is 19.3 Å². The fraction of sp³-hybridized carbons (Fsp3) is 0.462. The minimum absolute atomic E-state index is 0.0611. The van der Waals surface area contributed by atoms with Gasteiger partial charge in [0.25, 0.3) is 0 Å². The van der Waals surface area contributed by atoms with E-state index in [1.807, 2.05) is 13.0 Å². The summed E-state index contributed by atoms with van der Waals surface area (Å²) in [6.45, 7) is 1.91. The topological polar surface area (TPSA) is 66.2 Å². The van der Waals surface area contributed by atoms with E-state index in [9.17, 15) is 4.79 Å². The van der Waals surface area contributed by atoms with Crippen LogP contribution in [-0.2, 0) is 4.79 Å². The zero-order valence-electron chi connectivity index (χ0n) is 10.3. The minimum atomic E-state index is -0.387. The van der Waals surface area contributed by atoms with Crippen LogP contribution in [0.2, 0.25) is 0 Å². The molecule has 1 atom stereocenters. The summed E-state index contributed by atoms with van der Waals surface area (Å²) in [4.78, 5) is 18.1. The van der Waals surface area contributed by atoms with Gasteiger partial charge >= 0.3 is 0 Å². The molecule has 1 aliphatic carbocycles. The van der Waals surface area contributed by atoms with Gasteiger partial charge in [-0.05, 0) is 19.8 Å². The number of carbonyl (C=O) groups excluding carboxylic acids is 1. The summed E-state index contributed by atoms with van der Waals surface area (Å²) < 4.78 is 5.84. The van der Waals surface area contributed by atoms with Crippen molar-refractivity contribution in [1.29, 1.82) is 5.26 Å². The van der Waals surface area contributed by atoms with Crippen molar-refractivity contribution in [2.45, 2.75) is 25.9 Å². The fourth-order valence-electron chi connectivity index (χ4n) is 2.50. The molecule has 92 valence electrons. The molecule has 1 aromatic heterocycles. The molecule has 0 aromatic carbocycles. The molecule has 5 nitrogen and oxygen atoms in total. The first kappa shape index (κ1) is 11.0. The lowest BCUT2D eigenvalue weighted by molar-refractivity contribution is -0.125. The van der Waals surface area contributed by atoms with Crippen LogP contribution in [0.15, 0.2) is 12.3 Å². The molecule has 5 heteroatoms. The first-order chi connectivity index (χ1) is 8.58. The Morgan fingerprint density at radius 1 is 1.61 bits per heavy atom. The van der Waals surface area contributed by atoms with Gasteiger partial charge in [-0.25, -0.2) is 4.98 Å². The molecule has 1 spiro atoms. The maximum Gasteiger partial charge on any atom is 0.237 e. The number of hydrogen-bond acceptors (Lipinski definition) is 4. The highest BCUT2D eigenvalue weighted by atomic mass is 16.5. The lowest BCUT2D eigenvalue weighted by Crippen LogP contribution is -2.39. The average Bonchev–Trinajstić information content (AvgIpc) is 3.18. The van der Waals surface area contributed by atoms with Crippen molar-refractivity contribution < 1.29 is 9.53 Å². The number of anilines is 1. The van der Waals surface area contributed by atoms with Gasteiger partial charge in [0.1, 0.15) is 12.2 Å². The Labute approximate surface area is 105 Å². The molecular weight excluding hydrogens is 230 g/mol. The normalized spacial score (nSPS) is 23.9. The van der Waals surface area contributed by atoms with Gasteiger partial charge in [0.05, 0.1) is 11.0 Å². The molecule has 3 rings (SSSR count). The Morgan fingerprint density at radius 2 is 2.33 bits per heavy atom. The highest BCUT2D eigenvalue weighted by molar-refractivity contribution is 6.00. The number of ether oxygens (including phenoxy) is 1. The average molecular weight is 243 g/mol. The van der Waals surface area contributed by atoms with Crippen LogP contribution >= 0.6 is 0 Å². The van der Waals surface area contributed by atoms with Crippen LogP contribution in [0.4, 0.5) is 5.82 Å². The van der Waals surface area contributed by atoms with Gasteiger partial charge in [-0.1, -0.05) is 0 Å². The summed E-state index contributed by atoms with van der Waals surface area (Å²) >= 11 is 0. The highest BCUT2D eigenvalue weighted by Gasteiger charge is 2.58. The predicted molar refractivity (Wildman–Crippen MR) is 64.1 cm³/mol. The monoisotopic (exact) mass is 243 g/mol. The molecule has 1 aliphatic heterocycles. The second-order valence-electron chi connectivity index (χ2n) is 4.94. The number of aromatic nitrogens is 1. The van der Waals surface area contributed by atoms with Gasteiger partial charge in [-0.15, -0.1) is 0 Å². The lowest BCUT2D eigenvalue weighted by Gasteiger charge is -2.21. The van der Waals surface area contributed by atoms with Crippen LogP contribution in [0.25, 0.3) is 0 Å². The van der Waals surface area contributed by atoms with E-state index < -0.39 is 0 Å². The van der Waals surface area contributed by atoms with E-state index in [0.29, 0.717) is 17.1 Å². The Hall–Kier alpha value is -2.09. The summed E-state index contributed by atoms with van der Waals surface area (Å²) in [6.07, 6.45) is 3.00. The summed E-state index contributed by atoms with van der Waals surface area (Å²) in [6, 6.07) is 3.67. The van der Waals surface area contributed by atoms with Crippen molar-refractivity contribution in [3.05, 3.63) is 17.8 Å². The summed E-state index contributed by atoms with van der Waals surface area (Å²) in [7, 11) is 1.71. The largest absolute Gasteiger partial charge is 0.486 e.